The van der Waals surface area contributed by atoms with E-state index in [-0.39, 0.29) is 23.6 Å². The number of carbonyl (C=O) groups is 3. The predicted molar refractivity (Wildman–Crippen MR) is 173 cm³/mol. The van der Waals surface area contributed by atoms with E-state index in [1.165, 1.54) is 0 Å². The fraction of sp³-hybridized carbons (Fsp3) is 0.485. The van der Waals surface area contributed by atoms with Crippen LogP contribution in [-0.2, 0) is 19.8 Å². The number of benzene rings is 2. The minimum atomic E-state index is -0.811. The van der Waals surface area contributed by atoms with Gasteiger partial charge in [-0.2, -0.15) is 0 Å². The van der Waals surface area contributed by atoms with Crippen molar-refractivity contribution in [2.75, 3.05) is 24.8 Å². The van der Waals surface area contributed by atoms with Crippen LogP contribution in [0.15, 0.2) is 71.5 Å². The van der Waals surface area contributed by atoms with Crippen molar-refractivity contribution in [3.8, 4) is 0 Å². The molecule has 2 aromatic rings. The van der Waals surface area contributed by atoms with Crippen molar-refractivity contribution >= 4 is 29.1 Å². The topological polar surface area (TPSA) is 137 Å². The maximum atomic E-state index is 14.1. The molecule has 0 saturated carbocycles. The van der Waals surface area contributed by atoms with Crippen molar-refractivity contribution in [3.63, 3.8) is 0 Å². The minimum Gasteiger partial charge on any atom is -0.387 e. The molecular weight excluding hydrogens is 542 g/mol. The molecule has 0 bridgehead atoms. The Labute approximate surface area is 256 Å². The smallest absolute Gasteiger partial charge is 0.251 e. The van der Waals surface area contributed by atoms with Crippen molar-refractivity contribution in [1.82, 2.24) is 15.5 Å². The fourth-order valence-electron chi connectivity index (χ4n) is 5.08. The van der Waals surface area contributed by atoms with Crippen LogP contribution in [0.25, 0.3) is 5.53 Å². The maximum absolute atomic E-state index is 14.1. The van der Waals surface area contributed by atoms with E-state index < -0.39 is 29.0 Å². The van der Waals surface area contributed by atoms with Gasteiger partial charge in [0.25, 0.3) is 5.91 Å². The van der Waals surface area contributed by atoms with Crippen LogP contribution in [0, 0.1) is 11.3 Å². The first-order valence-electron chi connectivity index (χ1n) is 14.5. The van der Waals surface area contributed by atoms with Gasteiger partial charge in [-0.15, -0.1) is 0 Å². The Bertz CT molecular complexity index is 1280. The highest BCUT2D eigenvalue weighted by atomic mass is 16.2. The van der Waals surface area contributed by atoms with Crippen molar-refractivity contribution in [3.05, 3.63) is 77.3 Å². The molecule has 0 aliphatic heterocycles. The molecule has 3 atom stereocenters. The summed E-state index contributed by atoms with van der Waals surface area (Å²) in [7, 11) is 3.46. The van der Waals surface area contributed by atoms with Gasteiger partial charge < -0.3 is 31.8 Å². The number of rotatable bonds is 13. The molecule has 0 heterocycles. The Morgan fingerprint density at radius 2 is 1.47 bits per heavy atom. The number of hydrogen-bond acceptors (Lipinski definition) is 5. The monoisotopic (exact) mass is 590 g/mol. The summed E-state index contributed by atoms with van der Waals surface area (Å²) >= 11 is 0. The molecule has 0 aromatic heterocycles. The standard InChI is InChI=1S/C33H48N7O3/c1-21(2)26(20-22(3)29(41)36-24-16-18-25(19-17-24)38-39-34)40(10)31(43)28(32(4,5)6)37-30(42)27(35-9)33(7,8)23-14-12-11-13-15-23/h11-21,26-28,35H,1-10H3,(H3-,34,36,37,38,39,41,42)/q-1/b22-20+/t26-,27-,28-/m1/s1. The summed E-state index contributed by atoms with van der Waals surface area (Å²) < 4.78 is 0. The molecule has 0 saturated heterocycles. The Hall–Kier alpha value is -4.05. The zero-order valence-electron chi connectivity index (χ0n) is 27.1. The summed E-state index contributed by atoms with van der Waals surface area (Å²) in [4.78, 5) is 42.4. The van der Waals surface area contributed by atoms with Crippen LogP contribution in [0.3, 0.4) is 0 Å². The third kappa shape index (κ3) is 9.22. The zero-order chi connectivity index (χ0) is 32.5. The number of anilines is 2. The molecule has 0 aliphatic rings. The molecule has 4 N–H and O–H groups in total. The largest absolute Gasteiger partial charge is 0.387 e. The Balaban J connectivity index is 2.28. The molecule has 3 amide bonds. The van der Waals surface area contributed by atoms with Gasteiger partial charge in [0.05, 0.1) is 12.1 Å². The average molecular weight is 591 g/mol. The van der Waals surface area contributed by atoms with E-state index in [4.69, 9.17) is 5.53 Å². The summed E-state index contributed by atoms with van der Waals surface area (Å²) in [6.45, 7) is 15.5. The second kappa shape index (κ2) is 14.9. The lowest BCUT2D eigenvalue weighted by Crippen LogP contribution is -2.61. The molecule has 10 nitrogen and oxygen atoms in total. The molecule has 0 aliphatic carbocycles. The normalized spacial score (nSPS) is 14.3. The van der Waals surface area contributed by atoms with Gasteiger partial charge in [-0.1, -0.05) is 97.0 Å². The van der Waals surface area contributed by atoms with Gasteiger partial charge in [0, 0.05) is 23.7 Å². The van der Waals surface area contributed by atoms with Crippen LogP contribution in [0.5, 0.6) is 0 Å². The minimum absolute atomic E-state index is 0.0114. The average Bonchev–Trinajstić information content (AvgIpc) is 2.94. The van der Waals surface area contributed by atoms with E-state index in [1.807, 2.05) is 78.8 Å². The molecule has 0 radical (unpaired) electrons. The quantitative estimate of drug-likeness (QED) is 0.139. The van der Waals surface area contributed by atoms with Crippen LogP contribution in [-0.4, -0.2) is 54.8 Å². The molecule has 2 rings (SSSR count). The third-order valence-electron chi connectivity index (χ3n) is 7.77. The number of carbonyl (C=O) groups excluding carboxylic acids is 3. The number of likely N-dealkylation sites (N-methyl/N-ethyl adjacent to an activating group) is 2. The van der Waals surface area contributed by atoms with Gasteiger partial charge in [-0.3, -0.25) is 19.6 Å². The van der Waals surface area contributed by atoms with E-state index in [1.54, 1.807) is 56.3 Å². The van der Waals surface area contributed by atoms with Gasteiger partial charge in [-0.05, 0) is 48.7 Å². The van der Waals surface area contributed by atoms with Gasteiger partial charge >= 0.3 is 0 Å². The van der Waals surface area contributed by atoms with Crippen molar-refractivity contribution < 1.29 is 14.4 Å². The van der Waals surface area contributed by atoms with Gasteiger partial charge in [0.15, 0.2) is 0 Å². The Morgan fingerprint density at radius 3 is 1.95 bits per heavy atom. The van der Waals surface area contributed by atoms with Crippen molar-refractivity contribution in [2.24, 2.45) is 16.6 Å². The van der Waals surface area contributed by atoms with Crippen LogP contribution in [0.2, 0.25) is 0 Å². The molecule has 10 heteroatoms. The van der Waals surface area contributed by atoms with Gasteiger partial charge in [0.2, 0.25) is 11.8 Å². The molecule has 0 fully saturated rings. The van der Waals surface area contributed by atoms with Crippen molar-refractivity contribution in [2.45, 2.75) is 78.9 Å². The number of nitrogens with zero attached hydrogens (tertiary/aromatic N) is 3. The zero-order valence-corrected chi connectivity index (χ0v) is 27.1. The van der Waals surface area contributed by atoms with Crippen LogP contribution in [0.1, 0.15) is 61.0 Å². The summed E-state index contributed by atoms with van der Waals surface area (Å²) in [6.07, 6.45) is 1.79. The Morgan fingerprint density at radius 1 is 0.907 bits per heavy atom. The fourth-order valence-corrected chi connectivity index (χ4v) is 5.08. The van der Waals surface area contributed by atoms with E-state index >= 15 is 0 Å². The molecule has 2 aromatic carbocycles. The lowest BCUT2D eigenvalue weighted by atomic mass is 9.76. The second-order valence-electron chi connectivity index (χ2n) is 12.9. The second-order valence-corrected chi connectivity index (χ2v) is 12.9. The highest BCUT2D eigenvalue weighted by Crippen LogP contribution is 2.29. The number of hydrogen-bond donors (Lipinski definition) is 4. The van der Waals surface area contributed by atoms with Crippen molar-refractivity contribution in [1.29, 1.82) is 0 Å². The van der Waals surface area contributed by atoms with E-state index in [9.17, 15) is 14.4 Å². The van der Waals surface area contributed by atoms with Gasteiger partial charge in [-0.25, -0.2) is 0 Å². The van der Waals surface area contributed by atoms with Gasteiger partial charge in [0.1, 0.15) is 6.04 Å². The Kier molecular flexibility index (Phi) is 12.2. The van der Waals surface area contributed by atoms with Crippen LogP contribution >= 0.6 is 0 Å². The molecule has 43 heavy (non-hydrogen) atoms. The first kappa shape index (κ1) is 35.1. The summed E-state index contributed by atoms with van der Waals surface area (Å²) in [5, 5.41) is 12.0. The third-order valence-corrected chi connectivity index (χ3v) is 7.77. The van der Waals surface area contributed by atoms with E-state index in [2.05, 4.69) is 26.6 Å². The lowest BCUT2D eigenvalue weighted by molar-refractivity contribution is -0.140. The number of nitrogens with one attached hydrogen (secondary N) is 4. The first-order chi connectivity index (χ1) is 20.0. The SMILES string of the molecule is CN[C@H](C(=O)N[C@H](C(=O)N(C)[C@H](/C=C(\C)C(=O)Nc1ccc(NN=[N-])cc1)C(C)C)C(C)(C)C)C(C)(C)c1ccccc1. The summed E-state index contributed by atoms with van der Waals surface area (Å²) in [6, 6.07) is 14.7. The van der Waals surface area contributed by atoms with Crippen LogP contribution < -0.4 is 21.4 Å². The maximum Gasteiger partial charge on any atom is 0.251 e. The predicted octanol–water partition coefficient (Wildman–Crippen LogP) is 5.50. The van der Waals surface area contributed by atoms with Crippen LogP contribution in [0.4, 0.5) is 11.4 Å². The highest BCUT2D eigenvalue weighted by Gasteiger charge is 2.41. The highest BCUT2D eigenvalue weighted by molar-refractivity contribution is 6.03. The summed E-state index contributed by atoms with van der Waals surface area (Å²) in [5.74, 6) is -0.824. The first-order valence-corrected chi connectivity index (χ1v) is 14.5. The molecular formula is C33H48N7O3-. The lowest BCUT2D eigenvalue weighted by Gasteiger charge is -2.40. The molecule has 0 spiro atoms. The van der Waals surface area contributed by atoms with E-state index in [0.717, 1.165) is 5.56 Å². The number of amides is 3. The molecule has 0 unspecified atom stereocenters. The molecule has 234 valence electrons. The summed E-state index contributed by atoms with van der Waals surface area (Å²) in [5.41, 5.74) is 12.5. The van der Waals surface area contributed by atoms with E-state index in [0.29, 0.717) is 16.9 Å².